The molecule has 126 valence electrons. The van der Waals surface area contributed by atoms with Crippen molar-refractivity contribution in [3.63, 3.8) is 0 Å². The van der Waals surface area contributed by atoms with E-state index in [2.05, 4.69) is 15.6 Å². The van der Waals surface area contributed by atoms with E-state index >= 15 is 0 Å². The minimum absolute atomic E-state index is 0.241. The van der Waals surface area contributed by atoms with Crippen LogP contribution in [0.2, 0.25) is 0 Å². The SMILES string of the molecule is Cc1cccc(CNC(=O)Nc2cccc(COCC3CC3)c2)n1. The first kappa shape index (κ1) is 16.5. The molecule has 24 heavy (non-hydrogen) atoms. The number of carbonyl (C=O) groups excluding carboxylic acids is 1. The largest absolute Gasteiger partial charge is 0.376 e. The number of nitrogens with zero attached hydrogens (tertiary/aromatic N) is 1. The highest BCUT2D eigenvalue weighted by molar-refractivity contribution is 5.89. The van der Waals surface area contributed by atoms with Gasteiger partial charge in [0, 0.05) is 18.0 Å². The van der Waals surface area contributed by atoms with E-state index in [0.717, 1.165) is 35.2 Å². The van der Waals surface area contributed by atoms with Gasteiger partial charge < -0.3 is 15.4 Å². The predicted octanol–water partition coefficient (Wildman–Crippen LogP) is 3.64. The molecular formula is C19H23N3O2. The Bertz CT molecular complexity index is 699. The van der Waals surface area contributed by atoms with Gasteiger partial charge in [-0.2, -0.15) is 0 Å². The molecule has 2 N–H and O–H groups in total. The molecule has 0 saturated heterocycles. The lowest BCUT2D eigenvalue weighted by atomic mass is 10.2. The van der Waals surface area contributed by atoms with Gasteiger partial charge >= 0.3 is 6.03 Å². The maximum atomic E-state index is 12.0. The molecule has 0 spiro atoms. The van der Waals surface area contributed by atoms with Crippen LogP contribution < -0.4 is 10.6 Å². The lowest BCUT2D eigenvalue weighted by molar-refractivity contribution is 0.111. The maximum Gasteiger partial charge on any atom is 0.319 e. The second-order valence-corrected chi connectivity index (χ2v) is 6.24. The van der Waals surface area contributed by atoms with Crippen molar-refractivity contribution in [1.82, 2.24) is 10.3 Å². The van der Waals surface area contributed by atoms with Gasteiger partial charge in [0.15, 0.2) is 0 Å². The molecule has 0 aliphatic heterocycles. The van der Waals surface area contributed by atoms with Gasteiger partial charge in [0.2, 0.25) is 0 Å². The number of aryl methyl sites for hydroxylation is 1. The molecule has 5 heteroatoms. The Morgan fingerprint density at radius 1 is 1.25 bits per heavy atom. The van der Waals surface area contributed by atoms with E-state index in [1.165, 1.54) is 12.8 Å². The third-order valence-corrected chi connectivity index (χ3v) is 3.88. The summed E-state index contributed by atoms with van der Waals surface area (Å²) < 4.78 is 5.68. The summed E-state index contributed by atoms with van der Waals surface area (Å²) in [5, 5.41) is 5.66. The first-order valence-electron chi connectivity index (χ1n) is 8.33. The fourth-order valence-electron chi connectivity index (χ4n) is 2.41. The standard InChI is InChI=1S/C19H23N3O2/c1-14-4-2-7-18(21-14)11-20-19(23)22-17-6-3-5-16(10-17)13-24-12-15-8-9-15/h2-7,10,15H,8-9,11-13H2,1H3,(H2,20,22,23). The van der Waals surface area contributed by atoms with Gasteiger partial charge in [0.05, 0.1) is 18.8 Å². The van der Waals surface area contributed by atoms with E-state index in [-0.39, 0.29) is 6.03 Å². The molecule has 0 unspecified atom stereocenters. The van der Waals surface area contributed by atoms with Crippen molar-refractivity contribution < 1.29 is 9.53 Å². The van der Waals surface area contributed by atoms with Gasteiger partial charge in [-0.15, -0.1) is 0 Å². The van der Waals surface area contributed by atoms with Gasteiger partial charge in [-0.3, -0.25) is 4.98 Å². The summed E-state index contributed by atoms with van der Waals surface area (Å²) in [5.74, 6) is 0.757. The molecule has 1 saturated carbocycles. The van der Waals surface area contributed by atoms with Crippen LogP contribution in [0.1, 0.15) is 29.8 Å². The van der Waals surface area contributed by atoms with Crippen LogP contribution >= 0.6 is 0 Å². The van der Waals surface area contributed by atoms with Gasteiger partial charge in [-0.25, -0.2) is 4.79 Å². The molecule has 1 aliphatic rings. The van der Waals surface area contributed by atoms with Gasteiger partial charge in [-0.05, 0) is 55.5 Å². The van der Waals surface area contributed by atoms with Crippen molar-refractivity contribution in [2.75, 3.05) is 11.9 Å². The van der Waals surface area contributed by atoms with E-state index < -0.39 is 0 Å². The summed E-state index contributed by atoms with van der Waals surface area (Å²) >= 11 is 0. The highest BCUT2D eigenvalue weighted by Gasteiger charge is 2.21. The zero-order chi connectivity index (χ0) is 16.8. The summed E-state index contributed by atoms with van der Waals surface area (Å²) in [6, 6.07) is 13.3. The number of carbonyl (C=O) groups is 1. The smallest absolute Gasteiger partial charge is 0.319 e. The van der Waals surface area contributed by atoms with E-state index in [0.29, 0.717) is 13.2 Å². The molecule has 0 atom stereocenters. The fourth-order valence-corrected chi connectivity index (χ4v) is 2.41. The first-order chi connectivity index (χ1) is 11.7. The second-order valence-electron chi connectivity index (χ2n) is 6.24. The molecule has 1 aromatic heterocycles. The number of aromatic nitrogens is 1. The van der Waals surface area contributed by atoms with Crippen LogP contribution in [0.3, 0.4) is 0 Å². The number of ether oxygens (including phenoxy) is 1. The third kappa shape index (κ3) is 5.35. The maximum absolute atomic E-state index is 12.0. The molecule has 5 nitrogen and oxygen atoms in total. The van der Waals surface area contributed by atoms with Crippen LogP contribution in [0.5, 0.6) is 0 Å². The fraction of sp³-hybridized carbons (Fsp3) is 0.368. The van der Waals surface area contributed by atoms with E-state index in [1.54, 1.807) is 0 Å². The van der Waals surface area contributed by atoms with Gasteiger partial charge in [-0.1, -0.05) is 18.2 Å². The van der Waals surface area contributed by atoms with Crippen LogP contribution in [0.25, 0.3) is 0 Å². The monoisotopic (exact) mass is 325 g/mol. The molecular weight excluding hydrogens is 302 g/mol. The predicted molar refractivity (Wildman–Crippen MR) is 93.7 cm³/mol. The van der Waals surface area contributed by atoms with E-state index in [1.807, 2.05) is 49.4 Å². The third-order valence-electron chi connectivity index (χ3n) is 3.88. The second kappa shape index (κ2) is 7.93. The van der Waals surface area contributed by atoms with E-state index in [4.69, 9.17) is 4.74 Å². The molecule has 3 rings (SSSR count). The molecule has 1 aromatic carbocycles. The first-order valence-corrected chi connectivity index (χ1v) is 8.33. The zero-order valence-electron chi connectivity index (χ0n) is 13.9. The number of pyridine rings is 1. The summed E-state index contributed by atoms with van der Waals surface area (Å²) in [4.78, 5) is 16.4. The lowest BCUT2D eigenvalue weighted by Gasteiger charge is -2.09. The van der Waals surface area contributed by atoms with Crippen LogP contribution in [0.4, 0.5) is 10.5 Å². The van der Waals surface area contributed by atoms with Crippen LogP contribution in [-0.4, -0.2) is 17.6 Å². The molecule has 2 amide bonds. The Labute approximate surface area is 142 Å². The van der Waals surface area contributed by atoms with Gasteiger partial charge in [0.1, 0.15) is 0 Å². The molecule has 0 radical (unpaired) electrons. The lowest BCUT2D eigenvalue weighted by Crippen LogP contribution is -2.28. The minimum Gasteiger partial charge on any atom is -0.376 e. The van der Waals surface area contributed by atoms with Crippen LogP contribution in [-0.2, 0) is 17.9 Å². The molecule has 1 fully saturated rings. The highest BCUT2D eigenvalue weighted by atomic mass is 16.5. The normalized spacial score (nSPS) is 13.5. The summed E-state index contributed by atoms with van der Waals surface area (Å²) in [6.45, 7) is 3.75. The number of benzene rings is 1. The van der Waals surface area contributed by atoms with Crippen LogP contribution in [0, 0.1) is 12.8 Å². The Morgan fingerprint density at radius 2 is 2.08 bits per heavy atom. The summed E-state index contributed by atoms with van der Waals surface area (Å²) in [7, 11) is 0. The Balaban J connectivity index is 1.46. The molecule has 2 aromatic rings. The Hall–Kier alpha value is -2.40. The van der Waals surface area contributed by atoms with Crippen molar-refractivity contribution in [2.45, 2.75) is 32.9 Å². The van der Waals surface area contributed by atoms with Crippen molar-refractivity contribution in [3.05, 3.63) is 59.4 Å². The summed E-state index contributed by atoms with van der Waals surface area (Å²) in [6.07, 6.45) is 2.58. The zero-order valence-corrected chi connectivity index (χ0v) is 13.9. The number of hydrogen-bond acceptors (Lipinski definition) is 3. The van der Waals surface area contributed by atoms with Crippen molar-refractivity contribution >= 4 is 11.7 Å². The Kier molecular flexibility index (Phi) is 5.43. The average molecular weight is 325 g/mol. The number of rotatable bonds is 7. The average Bonchev–Trinajstić information content (AvgIpc) is 3.38. The topological polar surface area (TPSA) is 63.2 Å². The van der Waals surface area contributed by atoms with Crippen LogP contribution in [0.15, 0.2) is 42.5 Å². The van der Waals surface area contributed by atoms with Crippen molar-refractivity contribution in [1.29, 1.82) is 0 Å². The molecule has 1 aliphatic carbocycles. The number of anilines is 1. The molecule has 0 bridgehead atoms. The highest BCUT2D eigenvalue weighted by Crippen LogP contribution is 2.29. The number of nitrogens with one attached hydrogen (secondary N) is 2. The number of urea groups is 1. The van der Waals surface area contributed by atoms with Crippen molar-refractivity contribution in [3.8, 4) is 0 Å². The summed E-state index contributed by atoms with van der Waals surface area (Å²) in [5.41, 5.74) is 3.60. The Morgan fingerprint density at radius 3 is 2.88 bits per heavy atom. The minimum atomic E-state index is -0.241. The quantitative estimate of drug-likeness (QED) is 0.817. The van der Waals surface area contributed by atoms with Crippen molar-refractivity contribution in [2.24, 2.45) is 5.92 Å². The van der Waals surface area contributed by atoms with Gasteiger partial charge in [0.25, 0.3) is 0 Å². The van der Waals surface area contributed by atoms with E-state index in [9.17, 15) is 4.79 Å². The molecule has 1 heterocycles. The number of amides is 2. The number of hydrogen-bond donors (Lipinski definition) is 2.